The number of anilines is 1. The standard InChI is InChI=1S/C12H16BrF3N2/c1-8(17)9-3-4-11(10(13)7-9)18(2)6-5-12(14,15)16/h3-4,7-8H,5-6,17H2,1-2H3/t8-/m1/s1. The van der Waals surface area contributed by atoms with Crippen molar-refractivity contribution in [3.63, 3.8) is 0 Å². The molecule has 0 fully saturated rings. The summed E-state index contributed by atoms with van der Waals surface area (Å²) in [6.07, 6.45) is -4.96. The molecule has 0 aliphatic heterocycles. The molecule has 0 aliphatic rings. The van der Waals surface area contributed by atoms with Crippen molar-refractivity contribution >= 4 is 21.6 Å². The molecule has 0 heterocycles. The molecule has 0 spiro atoms. The van der Waals surface area contributed by atoms with Crippen molar-refractivity contribution in [3.8, 4) is 0 Å². The highest BCUT2D eigenvalue weighted by molar-refractivity contribution is 9.10. The van der Waals surface area contributed by atoms with E-state index in [9.17, 15) is 13.2 Å². The van der Waals surface area contributed by atoms with Gasteiger partial charge >= 0.3 is 6.18 Å². The lowest BCUT2D eigenvalue weighted by Gasteiger charge is -2.22. The van der Waals surface area contributed by atoms with Gasteiger partial charge < -0.3 is 10.6 Å². The Labute approximate surface area is 113 Å². The minimum Gasteiger partial charge on any atom is -0.373 e. The summed E-state index contributed by atoms with van der Waals surface area (Å²) >= 11 is 3.36. The number of alkyl halides is 3. The molecule has 2 nitrogen and oxygen atoms in total. The third kappa shape index (κ3) is 4.49. The van der Waals surface area contributed by atoms with Crippen LogP contribution in [0, 0.1) is 0 Å². The molecule has 0 radical (unpaired) electrons. The van der Waals surface area contributed by atoms with Crippen molar-refractivity contribution in [2.24, 2.45) is 5.73 Å². The topological polar surface area (TPSA) is 29.3 Å². The van der Waals surface area contributed by atoms with Crippen molar-refractivity contribution in [3.05, 3.63) is 28.2 Å². The Balaban J connectivity index is 2.77. The third-order valence-corrected chi connectivity index (χ3v) is 3.27. The van der Waals surface area contributed by atoms with Gasteiger partial charge in [0.05, 0.1) is 12.1 Å². The number of nitrogens with zero attached hydrogens (tertiary/aromatic N) is 1. The number of nitrogens with two attached hydrogens (primary N) is 1. The molecule has 0 aliphatic carbocycles. The summed E-state index contributed by atoms with van der Waals surface area (Å²) in [6, 6.07) is 5.34. The lowest BCUT2D eigenvalue weighted by Crippen LogP contribution is -2.24. The fourth-order valence-corrected chi connectivity index (χ4v) is 2.23. The van der Waals surface area contributed by atoms with E-state index in [-0.39, 0.29) is 12.6 Å². The molecule has 0 amide bonds. The van der Waals surface area contributed by atoms with Crippen LogP contribution in [0.2, 0.25) is 0 Å². The first-order valence-electron chi connectivity index (χ1n) is 5.53. The molecule has 2 N–H and O–H groups in total. The number of benzene rings is 1. The largest absolute Gasteiger partial charge is 0.390 e. The maximum Gasteiger partial charge on any atom is 0.390 e. The number of hydrogen-bond acceptors (Lipinski definition) is 2. The lowest BCUT2D eigenvalue weighted by molar-refractivity contribution is -0.132. The van der Waals surface area contributed by atoms with Gasteiger partial charge in [-0.15, -0.1) is 0 Å². The maximum atomic E-state index is 12.1. The fourth-order valence-electron chi connectivity index (χ4n) is 1.53. The Morgan fingerprint density at radius 2 is 2.00 bits per heavy atom. The first-order valence-corrected chi connectivity index (χ1v) is 6.33. The van der Waals surface area contributed by atoms with Crippen molar-refractivity contribution in [2.45, 2.75) is 25.6 Å². The van der Waals surface area contributed by atoms with Crippen molar-refractivity contribution < 1.29 is 13.2 Å². The average molecular weight is 325 g/mol. The molecule has 6 heteroatoms. The first-order chi connectivity index (χ1) is 8.20. The Hall–Kier alpha value is -0.750. The molecule has 0 saturated heterocycles. The van der Waals surface area contributed by atoms with Gasteiger partial charge in [-0.25, -0.2) is 0 Å². The van der Waals surface area contributed by atoms with Crippen molar-refractivity contribution in [1.29, 1.82) is 0 Å². The molecule has 18 heavy (non-hydrogen) atoms. The van der Waals surface area contributed by atoms with Crippen molar-refractivity contribution in [2.75, 3.05) is 18.5 Å². The van der Waals surface area contributed by atoms with Crippen LogP contribution in [0.25, 0.3) is 0 Å². The average Bonchev–Trinajstić information content (AvgIpc) is 2.24. The normalized spacial score (nSPS) is 13.5. The minimum atomic E-state index is -4.13. The van der Waals surface area contributed by atoms with Crippen LogP contribution in [0.5, 0.6) is 0 Å². The van der Waals surface area contributed by atoms with Crippen LogP contribution in [-0.2, 0) is 0 Å². The second-order valence-corrected chi connectivity index (χ2v) is 5.14. The smallest absolute Gasteiger partial charge is 0.373 e. The highest BCUT2D eigenvalue weighted by Gasteiger charge is 2.27. The fraction of sp³-hybridized carbons (Fsp3) is 0.500. The Kier molecular flexibility index (Phi) is 5.04. The van der Waals surface area contributed by atoms with E-state index in [4.69, 9.17) is 5.73 Å². The zero-order chi connectivity index (χ0) is 13.9. The summed E-state index contributed by atoms with van der Waals surface area (Å²) in [7, 11) is 1.64. The minimum absolute atomic E-state index is 0.0698. The van der Waals surface area contributed by atoms with Crippen LogP contribution in [0.3, 0.4) is 0 Å². The highest BCUT2D eigenvalue weighted by Crippen LogP contribution is 2.29. The van der Waals surface area contributed by atoms with Gasteiger partial charge in [0.25, 0.3) is 0 Å². The summed E-state index contributed by atoms with van der Waals surface area (Å²) in [4.78, 5) is 1.57. The maximum absolute atomic E-state index is 12.1. The SMILES string of the molecule is C[C@@H](N)c1ccc(N(C)CCC(F)(F)F)c(Br)c1. The van der Waals surface area contributed by atoms with Gasteiger partial charge in [-0.1, -0.05) is 6.07 Å². The second-order valence-electron chi connectivity index (χ2n) is 4.29. The van der Waals surface area contributed by atoms with Gasteiger partial charge in [0.15, 0.2) is 0 Å². The monoisotopic (exact) mass is 324 g/mol. The summed E-state index contributed by atoms with van der Waals surface area (Å²) in [5.74, 6) is 0. The van der Waals surface area contributed by atoms with Crippen molar-refractivity contribution in [1.82, 2.24) is 0 Å². The Bertz CT molecular complexity index is 405. The van der Waals surface area contributed by atoms with Crippen LogP contribution in [0.1, 0.15) is 24.9 Å². The summed E-state index contributed by atoms with van der Waals surface area (Å²) in [5.41, 5.74) is 7.41. The summed E-state index contributed by atoms with van der Waals surface area (Å²) in [5, 5.41) is 0. The Morgan fingerprint density at radius 1 is 1.39 bits per heavy atom. The number of halogens is 4. The molecule has 0 unspecified atom stereocenters. The number of rotatable bonds is 4. The molecule has 0 aromatic heterocycles. The molecule has 0 saturated carbocycles. The van der Waals surface area contributed by atoms with E-state index in [1.54, 1.807) is 18.0 Å². The van der Waals surface area contributed by atoms with E-state index in [0.29, 0.717) is 0 Å². The Morgan fingerprint density at radius 3 is 2.44 bits per heavy atom. The van der Waals surface area contributed by atoms with Gasteiger partial charge in [-0.2, -0.15) is 13.2 Å². The summed E-state index contributed by atoms with van der Waals surface area (Å²) in [6.45, 7) is 1.79. The molecule has 1 atom stereocenters. The first kappa shape index (κ1) is 15.3. The lowest BCUT2D eigenvalue weighted by atomic mass is 10.1. The molecule has 1 aromatic rings. The molecular formula is C12H16BrF3N2. The second kappa shape index (κ2) is 5.93. The quantitative estimate of drug-likeness (QED) is 0.911. The molecule has 1 aromatic carbocycles. The highest BCUT2D eigenvalue weighted by atomic mass is 79.9. The van der Waals surface area contributed by atoms with Crippen LogP contribution >= 0.6 is 15.9 Å². The molecule has 1 rings (SSSR count). The van der Waals surface area contributed by atoms with Crippen LogP contribution < -0.4 is 10.6 Å². The van der Waals surface area contributed by atoms with E-state index < -0.39 is 12.6 Å². The predicted octanol–water partition coefficient (Wildman–Crippen LogP) is 3.86. The summed E-state index contributed by atoms with van der Waals surface area (Å²) < 4.78 is 37.2. The van der Waals surface area contributed by atoms with E-state index in [1.807, 2.05) is 19.1 Å². The van der Waals surface area contributed by atoms with Crippen LogP contribution in [-0.4, -0.2) is 19.8 Å². The zero-order valence-electron chi connectivity index (χ0n) is 10.3. The van der Waals surface area contributed by atoms with E-state index in [0.717, 1.165) is 15.7 Å². The third-order valence-electron chi connectivity index (χ3n) is 2.64. The van der Waals surface area contributed by atoms with Gasteiger partial charge in [-0.3, -0.25) is 0 Å². The molecular weight excluding hydrogens is 309 g/mol. The van der Waals surface area contributed by atoms with E-state index >= 15 is 0 Å². The molecule has 0 bridgehead atoms. The molecule has 102 valence electrons. The van der Waals surface area contributed by atoms with Crippen LogP contribution in [0.4, 0.5) is 18.9 Å². The predicted molar refractivity (Wildman–Crippen MR) is 70.7 cm³/mol. The van der Waals surface area contributed by atoms with E-state index in [1.165, 1.54) is 0 Å². The van der Waals surface area contributed by atoms with Crippen LogP contribution in [0.15, 0.2) is 22.7 Å². The van der Waals surface area contributed by atoms with E-state index in [2.05, 4.69) is 15.9 Å². The van der Waals surface area contributed by atoms with Gasteiger partial charge in [0.2, 0.25) is 0 Å². The number of hydrogen-bond donors (Lipinski definition) is 1. The van der Waals surface area contributed by atoms with Gasteiger partial charge in [-0.05, 0) is 40.5 Å². The zero-order valence-corrected chi connectivity index (χ0v) is 11.8. The van der Waals surface area contributed by atoms with Gasteiger partial charge in [0, 0.05) is 24.1 Å². The van der Waals surface area contributed by atoms with Gasteiger partial charge in [0.1, 0.15) is 0 Å².